The van der Waals surface area contributed by atoms with Gasteiger partial charge in [-0.25, -0.2) is 4.39 Å². The third-order valence-corrected chi connectivity index (χ3v) is 3.76. The van der Waals surface area contributed by atoms with Gasteiger partial charge in [0, 0.05) is 25.4 Å². The van der Waals surface area contributed by atoms with Gasteiger partial charge in [0.2, 0.25) is 5.91 Å². The molecule has 6 nitrogen and oxygen atoms in total. The Morgan fingerprint density at radius 3 is 2.50 bits per heavy atom. The molecule has 0 bridgehead atoms. The highest BCUT2D eigenvalue weighted by molar-refractivity contribution is 5.91. The van der Waals surface area contributed by atoms with Crippen LogP contribution in [-0.4, -0.2) is 32.8 Å². The summed E-state index contributed by atoms with van der Waals surface area (Å²) in [6.07, 6.45) is -0.288. The van der Waals surface area contributed by atoms with Crippen LogP contribution in [0, 0.1) is 12.7 Å². The van der Waals surface area contributed by atoms with E-state index in [1.54, 1.807) is 18.2 Å². The average Bonchev–Trinajstić information content (AvgIpc) is 2.63. The fourth-order valence-electron chi connectivity index (χ4n) is 2.32. The van der Waals surface area contributed by atoms with Gasteiger partial charge < -0.3 is 25.3 Å². The van der Waals surface area contributed by atoms with Crippen LogP contribution in [0.2, 0.25) is 0 Å². The largest absolute Gasteiger partial charge is 0.493 e. The number of ether oxygens (including phenoxy) is 3. The topological polar surface area (TPSA) is 82.8 Å². The number of halogens is 1. The quantitative estimate of drug-likeness (QED) is 0.753. The second-order valence-electron chi connectivity index (χ2n) is 5.75. The first-order valence-corrected chi connectivity index (χ1v) is 8.11. The van der Waals surface area contributed by atoms with E-state index in [0.717, 1.165) is 5.56 Å². The zero-order valence-corrected chi connectivity index (χ0v) is 15.0. The highest BCUT2D eigenvalue weighted by atomic mass is 19.1. The molecule has 1 amide bonds. The molecule has 0 aliphatic carbocycles. The van der Waals surface area contributed by atoms with Gasteiger partial charge >= 0.3 is 0 Å². The highest BCUT2D eigenvalue weighted by Crippen LogP contribution is 2.34. The lowest BCUT2D eigenvalue weighted by molar-refractivity contribution is -0.118. The number of aryl methyl sites for hydroxylation is 1. The smallest absolute Gasteiger partial charge is 0.227 e. The van der Waals surface area contributed by atoms with Crippen LogP contribution < -0.4 is 20.5 Å². The maximum absolute atomic E-state index is 14.3. The second-order valence-corrected chi connectivity index (χ2v) is 5.75. The summed E-state index contributed by atoms with van der Waals surface area (Å²) < 4.78 is 30.2. The highest BCUT2D eigenvalue weighted by Gasteiger charge is 2.14. The third kappa shape index (κ3) is 5.18. The van der Waals surface area contributed by atoms with E-state index in [-0.39, 0.29) is 30.7 Å². The van der Waals surface area contributed by atoms with Crippen LogP contribution in [-0.2, 0) is 9.53 Å². The predicted octanol–water partition coefficient (Wildman–Crippen LogP) is 3.24. The Bertz CT molecular complexity index is 763. The molecule has 0 fully saturated rings. The number of carbonyl (C=O) groups is 1. The molecule has 0 aliphatic rings. The summed E-state index contributed by atoms with van der Waals surface area (Å²) in [6, 6.07) is 9.54. The molecule has 0 spiro atoms. The lowest BCUT2D eigenvalue weighted by atomic mass is 10.2. The molecule has 26 heavy (non-hydrogen) atoms. The van der Waals surface area contributed by atoms with Crippen LogP contribution in [0.4, 0.5) is 10.1 Å². The summed E-state index contributed by atoms with van der Waals surface area (Å²) >= 11 is 0. The van der Waals surface area contributed by atoms with Crippen molar-refractivity contribution in [1.29, 1.82) is 0 Å². The van der Waals surface area contributed by atoms with Crippen LogP contribution in [0.15, 0.2) is 36.4 Å². The molecule has 1 atom stereocenters. The summed E-state index contributed by atoms with van der Waals surface area (Å²) in [5, 5.41) is 2.61. The Balaban J connectivity index is 2.09. The normalized spacial score (nSPS) is 11.7. The Morgan fingerprint density at radius 1 is 1.15 bits per heavy atom. The van der Waals surface area contributed by atoms with E-state index < -0.39 is 5.82 Å². The van der Waals surface area contributed by atoms with Crippen LogP contribution in [0.25, 0.3) is 0 Å². The van der Waals surface area contributed by atoms with E-state index in [4.69, 9.17) is 19.9 Å². The first-order valence-electron chi connectivity index (χ1n) is 8.11. The number of methoxy groups -OCH3 is 2. The molecular weight excluding hydrogens is 339 g/mol. The molecule has 3 N–H and O–H groups in total. The zero-order chi connectivity index (χ0) is 19.1. The lowest BCUT2D eigenvalue weighted by Gasteiger charge is -2.14. The zero-order valence-electron chi connectivity index (χ0n) is 15.0. The van der Waals surface area contributed by atoms with Crippen molar-refractivity contribution < 1.29 is 23.4 Å². The average molecular weight is 362 g/mol. The van der Waals surface area contributed by atoms with Gasteiger partial charge in [0.15, 0.2) is 23.1 Å². The van der Waals surface area contributed by atoms with Crippen molar-refractivity contribution in [3.05, 3.63) is 47.8 Å². The molecule has 0 heterocycles. The summed E-state index contributed by atoms with van der Waals surface area (Å²) in [5.41, 5.74) is 6.80. The number of nitrogens with two attached hydrogens (primary N) is 1. The molecule has 0 aliphatic heterocycles. The van der Waals surface area contributed by atoms with Gasteiger partial charge in [-0.3, -0.25) is 4.79 Å². The number of hydrogen-bond donors (Lipinski definition) is 2. The van der Waals surface area contributed by atoms with E-state index in [9.17, 15) is 9.18 Å². The predicted molar refractivity (Wildman–Crippen MR) is 97.3 cm³/mol. The van der Waals surface area contributed by atoms with Crippen molar-refractivity contribution in [2.45, 2.75) is 19.4 Å². The summed E-state index contributed by atoms with van der Waals surface area (Å²) in [6.45, 7) is 2.15. The van der Waals surface area contributed by atoms with Gasteiger partial charge in [-0.05, 0) is 36.8 Å². The molecule has 7 heteroatoms. The molecule has 2 aromatic rings. The molecular formula is C19H23FN2O4. The Morgan fingerprint density at radius 2 is 1.88 bits per heavy atom. The monoisotopic (exact) mass is 362 g/mol. The summed E-state index contributed by atoms with van der Waals surface area (Å²) in [7, 11) is 3.00. The minimum Gasteiger partial charge on any atom is -0.493 e. The second kappa shape index (κ2) is 9.17. The Hall–Kier alpha value is -2.64. The summed E-state index contributed by atoms with van der Waals surface area (Å²) in [4.78, 5) is 11.9. The molecule has 2 rings (SSSR count). The van der Waals surface area contributed by atoms with Crippen molar-refractivity contribution in [2.75, 3.05) is 26.1 Å². The van der Waals surface area contributed by atoms with Crippen LogP contribution in [0.1, 0.15) is 12.0 Å². The molecule has 0 saturated carbocycles. The van der Waals surface area contributed by atoms with Crippen molar-refractivity contribution in [1.82, 2.24) is 0 Å². The van der Waals surface area contributed by atoms with Crippen molar-refractivity contribution >= 4 is 11.6 Å². The van der Waals surface area contributed by atoms with Crippen LogP contribution >= 0.6 is 0 Å². The Kier molecular flexibility index (Phi) is 6.94. The van der Waals surface area contributed by atoms with E-state index in [1.165, 1.54) is 26.4 Å². The van der Waals surface area contributed by atoms with Gasteiger partial charge in [-0.1, -0.05) is 6.07 Å². The van der Waals surface area contributed by atoms with Gasteiger partial charge in [0.05, 0.1) is 19.6 Å². The fraction of sp³-hybridized carbons (Fsp3) is 0.316. The first-order chi connectivity index (χ1) is 12.5. The Labute approximate surface area is 152 Å². The third-order valence-electron chi connectivity index (χ3n) is 3.76. The first kappa shape index (κ1) is 19.7. The SMILES string of the molecule is COc1cc(C)ccc1Oc1ccc(NC(=O)CC(CN)OC)cc1F. The maximum Gasteiger partial charge on any atom is 0.227 e. The minimum atomic E-state index is -0.604. The minimum absolute atomic E-state index is 0.0295. The van der Waals surface area contributed by atoms with Gasteiger partial charge in [-0.2, -0.15) is 0 Å². The van der Waals surface area contributed by atoms with Gasteiger partial charge in [0.1, 0.15) is 0 Å². The van der Waals surface area contributed by atoms with Crippen molar-refractivity contribution in [2.24, 2.45) is 5.73 Å². The van der Waals surface area contributed by atoms with Crippen LogP contribution in [0.3, 0.4) is 0 Å². The van der Waals surface area contributed by atoms with Crippen LogP contribution in [0.5, 0.6) is 17.2 Å². The number of anilines is 1. The molecule has 0 aromatic heterocycles. The molecule has 140 valence electrons. The number of rotatable bonds is 8. The van der Waals surface area contributed by atoms with Gasteiger partial charge in [-0.15, -0.1) is 0 Å². The molecule has 1 unspecified atom stereocenters. The number of nitrogens with one attached hydrogen (secondary N) is 1. The molecule has 0 radical (unpaired) electrons. The van der Waals surface area contributed by atoms with Crippen molar-refractivity contribution in [3.8, 4) is 17.2 Å². The molecule has 2 aromatic carbocycles. The van der Waals surface area contributed by atoms with E-state index >= 15 is 0 Å². The standard InChI is InChI=1S/C19H23FN2O4/c1-12-4-6-17(18(8-12)25-3)26-16-7-5-13(9-15(16)20)22-19(23)10-14(11-21)24-2/h4-9,14H,10-11,21H2,1-3H3,(H,22,23). The lowest BCUT2D eigenvalue weighted by Crippen LogP contribution is -2.28. The summed E-state index contributed by atoms with van der Waals surface area (Å²) in [5.74, 6) is 0.0267. The number of amides is 1. The van der Waals surface area contributed by atoms with E-state index in [1.807, 2.05) is 13.0 Å². The number of carbonyl (C=O) groups excluding carboxylic acids is 1. The van der Waals surface area contributed by atoms with E-state index in [0.29, 0.717) is 17.2 Å². The van der Waals surface area contributed by atoms with Gasteiger partial charge in [0.25, 0.3) is 0 Å². The number of hydrogen-bond acceptors (Lipinski definition) is 5. The van der Waals surface area contributed by atoms with E-state index in [2.05, 4.69) is 5.32 Å². The number of benzene rings is 2. The van der Waals surface area contributed by atoms with Crippen molar-refractivity contribution in [3.63, 3.8) is 0 Å². The molecule has 0 saturated heterocycles. The maximum atomic E-state index is 14.3. The fourth-order valence-corrected chi connectivity index (χ4v) is 2.32.